The van der Waals surface area contributed by atoms with Crippen LogP contribution in [-0.4, -0.2) is 47.8 Å². The first-order valence-corrected chi connectivity index (χ1v) is 14.4. The third-order valence-corrected chi connectivity index (χ3v) is 9.28. The monoisotopic (exact) mass is 522 g/mol. The number of aromatic nitrogens is 3. The molecule has 196 valence electrons. The van der Waals surface area contributed by atoms with E-state index in [-0.39, 0.29) is 16.9 Å². The third-order valence-electron chi connectivity index (χ3n) is 7.07. The Kier molecular flexibility index (Phi) is 7.04. The molecule has 1 atom stereocenters. The van der Waals surface area contributed by atoms with Crippen molar-refractivity contribution in [1.29, 1.82) is 0 Å². The lowest BCUT2D eigenvalue weighted by atomic mass is 9.83. The number of rotatable bonds is 7. The predicted octanol–water partition coefficient (Wildman–Crippen LogP) is 4.64. The van der Waals surface area contributed by atoms with E-state index >= 15 is 0 Å². The summed E-state index contributed by atoms with van der Waals surface area (Å²) in [5.41, 5.74) is 5.20. The molecule has 9 nitrogen and oxygen atoms in total. The first-order valence-electron chi connectivity index (χ1n) is 12.8. The van der Waals surface area contributed by atoms with E-state index in [0.29, 0.717) is 17.6 Å². The van der Waals surface area contributed by atoms with Crippen LogP contribution in [0.2, 0.25) is 0 Å². The van der Waals surface area contributed by atoms with Gasteiger partial charge in [0.1, 0.15) is 18.2 Å². The molecule has 37 heavy (non-hydrogen) atoms. The molecular formula is C27H34N6O3S. The van der Waals surface area contributed by atoms with E-state index in [4.69, 9.17) is 4.74 Å². The molecule has 0 saturated carbocycles. The molecule has 1 fully saturated rings. The van der Waals surface area contributed by atoms with Crippen LogP contribution in [0.1, 0.15) is 56.2 Å². The molecule has 2 aliphatic heterocycles. The van der Waals surface area contributed by atoms with Gasteiger partial charge in [-0.25, -0.2) is 18.4 Å². The highest BCUT2D eigenvalue weighted by atomic mass is 32.2. The second-order valence-electron chi connectivity index (χ2n) is 10.1. The second kappa shape index (κ2) is 10.3. The number of fused-ring (bicyclic) bond motifs is 1. The minimum absolute atomic E-state index is 0.104. The highest BCUT2D eigenvalue weighted by Crippen LogP contribution is 2.45. The van der Waals surface area contributed by atoms with Gasteiger partial charge in [0, 0.05) is 12.0 Å². The Morgan fingerprint density at radius 3 is 2.43 bits per heavy atom. The molecule has 10 heteroatoms. The summed E-state index contributed by atoms with van der Waals surface area (Å²) in [6.45, 7) is 9.67. The number of hydrogen-bond acceptors (Lipinski definition) is 9. The molecule has 3 N–H and O–H groups in total. The van der Waals surface area contributed by atoms with Gasteiger partial charge < -0.3 is 20.7 Å². The van der Waals surface area contributed by atoms with Gasteiger partial charge in [-0.05, 0) is 88.9 Å². The summed E-state index contributed by atoms with van der Waals surface area (Å²) in [6.07, 6.45) is 4.65. The Morgan fingerprint density at radius 2 is 1.73 bits per heavy atom. The Bertz CT molecular complexity index is 1400. The van der Waals surface area contributed by atoms with Gasteiger partial charge in [0.15, 0.2) is 9.84 Å². The molecular weight excluding hydrogens is 488 g/mol. The van der Waals surface area contributed by atoms with Gasteiger partial charge in [0.25, 0.3) is 0 Å². The summed E-state index contributed by atoms with van der Waals surface area (Å²) >= 11 is 0. The number of piperidine rings is 1. The molecule has 3 heterocycles. The van der Waals surface area contributed by atoms with Crippen molar-refractivity contribution < 1.29 is 13.2 Å². The number of nitrogens with one attached hydrogen (secondary N) is 3. The predicted molar refractivity (Wildman–Crippen MR) is 145 cm³/mol. The number of sulfone groups is 1. The van der Waals surface area contributed by atoms with E-state index in [1.54, 1.807) is 38.1 Å². The van der Waals surface area contributed by atoms with Crippen molar-refractivity contribution in [3.8, 4) is 5.75 Å². The largest absolute Gasteiger partial charge is 0.488 e. The smallest absolute Gasteiger partial charge is 0.232 e. The minimum atomic E-state index is -3.49. The van der Waals surface area contributed by atoms with E-state index in [2.05, 4.69) is 50.8 Å². The number of benzene rings is 2. The van der Waals surface area contributed by atoms with Gasteiger partial charge in [-0.15, -0.1) is 0 Å². The zero-order chi connectivity index (χ0) is 26.2. The lowest BCUT2D eigenvalue weighted by Gasteiger charge is -2.27. The molecule has 1 aromatic heterocycles. The fourth-order valence-electron chi connectivity index (χ4n) is 5.25. The summed E-state index contributed by atoms with van der Waals surface area (Å²) in [6, 6.07) is 8.90. The molecule has 2 aliphatic rings. The Morgan fingerprint density at radius 1 is 1.05 bits per heavy atom. The number of hydrogen-bond donors (Lipinski definition) is 3. The first-order chi connectivity index (χ1) is 17.7. The van der Waals surface area contributed by atoms with E-state index in [9.17, 15) is 8.42 Å². The maximum absolute atomic E-state index is 12.8. The summed E-state index contributed by atoms with van der Waals surface area (Å²) in [4.78, 5) is 13.3. The SMILES string of the molecule is Cc1cc(Nc2ncnc(Nc3ccccc3S(=O)(=O)C(C)C)n2)c2c(c1C1CCNCC1)CC(C)O2. The number of nitrogens with zero attached hydrogens (tertiary/aromatic N) is 3. The Hall–Kier alpha value is -3.24. The Labute approximate surface area is 218 Å². The van der Waals surface area contributed by atoms with Crippen LogP contribution >= 0.6 is 0 Å². The maximum Gasteiger partial charge on any atom is 0.232 e. The average Bonchev–Trinajstić information content (AvgIpc) is 3.26. The van der Waals surface area contributed by atoms with Crippen molar-refractivity contribution in [2.45, 2.75) is 69.1 Å². The van der Waals surface area contributed by atoms with Gasteiger partial charge in [-0.3, -0.25) is 0 Å². The van der Waals surface area contributed by atoms with Gasteiger partial charge in [0.2, 0.25) is 11.9 Å². The van der Waals surface area contributed by atoms with E-state index in [0.717, 1.165) is 43.8 Å². The quantitative estimate of drug-likeness (QED) is 0.408. The van der Waals surface area contributed by atoms with Crippen LogP contribution in [0.3, 0.4) is 0 Å². The summed E-state index contributed by atoms with van der Waals surface area (Å²) in [5.74, 6) is 2.00. The van der Waals surface area contributed by atoms with Crippen molar-refractivity contribution in [3.63, 3.8) is 0 Å². The number of ether oxygens (including phenoxy) is 1. The van der Waals surface area contributed by atoms with Crippen LogP contribution < -0.4 is 20.7 Å². The normalized spacial score (nSPS) is 17.9. The van der Waals surface area contributed by atoms with Gasteiger partial charge in [-0.2, -0.15) is 4.98 Å². The van der Waals surface area contributed by atoms with Gasteiger partial charge >= 0.3 is 0 Å². The molecule has 3 aromatic rings. The molecule has 2 aromatic carbocycles. The molecule has 1 unspecified atom stereocenters. The molecule has 0 bridgehead atoms. The highest BCUT2D eigenvalue weighted by Gasteiger charge is 2.31. The molecule has 1 saturated heterocycles. The summed E-state index contributed by atoms with van der Waals surface area (Å²) in [7, 11) is -3.49. The molecule has 0 spiro atoms. The summed E-state index contributed by atoms with van der Waals surface area (Å²) in [5, 5.41) is 9.30. The van der Waals surface area contributed by atoms with Crippen molar-refractivity contribution in [3.05, 3.63) is 53.3 Å². The topological polar surface area (TPSA) is 118 Å². The average molecular weight is 523 g/mol. The number of anilines is 4. The van der Waals surface area contributed by atoms with E-state index < -0.39 is 15.1 Å². The molecule has 0 aliphatic carbocycles. The van der Waals surface area contributed by atoms with Crippen LogP contribution in [0.4, 0.5) is 23.3 Å². The lowest BCUT2D eigenvalue weighted by Crippen LogP contribution is -2.27. The molecule has 0 amide bonds. The van der Waals surface area contributed by atoms with Crippen LogP contribution in [0.5, 0.6) is 5.75 Å². The molecule has 0 radical (unpaired) electrons. The zero-order valence-electron chi connectivity index (χ0n) is 21.7. The van der Waals surface area contributed by atoms with Crippen LogP contribution in [-0.2, 0) is 16.3 Å². The Balaban J connectivity index is 1.44. The number of para-hydroxylation sites is 1. The van der Waals surface area contributed by atoms with E-state index in [1.165, 1.54) is 23.0 Å². The van der Waals surface area contributed by atoms with Crippen molar-refractivity contribution >= 4 is 33.1 Å². The zero-order valence-corrected chi connectivity index (χ0v) is 22.5. The number of aryl methyl sites for hydroxylation is 1. The fraction of sp³-hybridized carbons (Fsp3) is 0.444. The van der Waals surface area contributed by atoms with Crippen LogP contribution in [0.15, 0.2) is 41.6 Å². The molecule has 5 rings (SSSR count). The maximum atomic E-state index is 12.8. The summed E-state index contributed by atoms with van der Waals surface area (Å²) < 4.78 is 31.9. The van der Waals surface area contributed by atoms with Crippen LogP contribution in [0.25, 0.3) is 0 Å². The first kappa shape index (κ1) is 25.4. The minimum Gasteiger partial charge on any atom is -0.488 e. The van der Waals surface area contributed by atoms with Crippen molar-refractivity contribution in [2.24, 2.45) is 0 Å². The van der Waals surface area contributed by atoms with Gasteiger partial charge in [-0.1, -0.05) is 12.1 Å². The highest BCUT2D eigenvalue weighted by molar-refractivity contribution is 7.92. The van der Waals surface area contributed by atoms with Gasteiger partial charge in [0.05, 0.1) is 21.5 Å². The van der Waals surface area contributed by atoms with Crippen molar-refractivity contribution in [1.82, 2.24) is 20.3 Å². The van der Waals surface area contributed by atoms with Crippen molar-refractivity contribution in [2.75, 3.05) is 23.7 Å². The standard InChI is InChI=1S/C27H34N6O3S/c1-16(2)37(34,35)23-8-6-5-7-21(23)31-26-29-15-30-27(33-26)32-22-13-17(3)24(19-9-11-28-12-10-19)20-14-18(4)36-25(20)22/h5-8,13,15-16,18-19,28H,9-12,14H2,1-4H3,(H2,29,30,31,32,33). The van der Waals surface area contributed by atoms with E-state index in [1.807, 2.05) is 0 Å². The second-order valence-corrected chi connectivity index (χ2v) is 12.6. The third kappa shape index (κ3) is 5.13. The fourth-order valence-corrected chi connectivity index (χ4v) is 6.45. The lowest BCUT2D eigenvalue weighted by molar-refractivity contribution is 0.256. The van der Waals surface area contributed by atoms with Crippen LogP contribution in [0, 0.1) is 6.92 Å².